The van der Waals surface area contributed by atoms with Crippen LogP contribution in [0.2, 0.25) is 0 Å². The number of nitrogens with two attached hydrogens (primary N) is 1. The van der Waals surface area contributed by atoms with Gasteiger partial charge in [-0.25, -0.2) is 0 Å². The van der Waals surface area contributed by atoms with Gasteiger partial charge in [0.05, 0.1) is 6.61 Å². The summed E-state index contributed by atoms with van der Waals surface area (Å²) < 4.78 is 5.53. The number of rotatable bonds is 6. The molecule has 1 aromatic carbocycles. The Morgan fingerprint density at radius 1 is 1.35 bits per heavy atom. The number of aliphatic carboxylic acids is 1. The second kappa shape index (κ2) is 6.25. The van der Waals surface area contributed by atoms with Crippen LogP contribution in [0.4, 0.5) is 0 Å². The molecule has 4 nitrogen and oxygen atoms in total. The first-order valence-corrected chi connectivity index (χ1v) is 5.69. The number of hydrogen-bond donors (Lipinski definition) is 2. The summed E-state index contributed by atoms with van der Waals surface area (Å²) in [4.78, 5) is 10.6. The molecule has 0 amide bonds. The van der Waals surface area contributed by atoms with Crippen LogP contribution in [0.5, 0.6) is 5.75 Å². The van der Waals surface area contributed by atoms with E-state index in [9.17, 15) is 4.79 Å². The second-order valence-corrected chi connectivity index (χ2v) is 4.50. The first-order valence-electron chi connectivity index (χ1n) is 5.69. The molecule has 1 aromatic rings. The summed E-state index contributed by atoms with van der Waals surface area (Å²) >= 11 is 0. The lowest BCUT2D eigenvalue weighted by molar-refractivity contribution is -0.138. The van der Waals surface area contributed by atoms with Crippen molar-refractivity contribution in [2.45, 2.75) is 26.3 Å². The van der Waals surface area contributed by atoms with Crippen molar-refractivity contribution in [2.75, 3.05) is 6.61 Å². The SMILES string of the molecule is CC(C)COc1ccc(C[C@H](N)C(=O)O)cc1. The summed E-state index contributed by atoms with van der Waals surface area (Å²) in [5, 5.41) is 8.69. The molecule has 0 aromatic heterocycles. The summed E-state index contributed by atoms with van der Waals surface area (Å²) in [5.74, 6) is 0.298. The summed E-state index contributed by atoms with van der Waals surface area (Å²) in [7, 11) is 0. The van der Waals surface area contributed by atoms with E-state index >= 15 is 0 Å². The fraction of sp³-hybridized carbons (Fsp3) is 0.462. The molecule has 1 atom stereocenters. The molecule has 94 valence electrons. The minimum Gasteiger partial charge on any atom is -0.493 e. The standard InChI is InChI=1S/C13H19NO3/c1-9(2)8-17-11-5-3-10(4-6-11)7-12(14)13(15)16/h3-6,9,12H,7-8,14H2,1-2H3,(H,15,16)/t12-/m0/s1. The van der Waals surface area contributed by atoms with Crippen LogP contribution in [0.1, 0.15) is 19.4 Å². The summed E-state index contributed by atoms with van der Waals surface area (Å²) in [6.45, 7) is 4.84. The first kappa shape index (κ1) is 13.5. The number of ether oxygens (including phenoxy) is 1. The van der Waals surface area contributed by atoms with Crippen molar-refractivity contribution in [3.8, 4) is 5.75 Å². The van der Waals surface area contributed by atoms with E-state index in [0.29, 0.717) is 18.9 Å². The molecule has 0 saturated heterocycles. The summed E-state index contributed by atoms with van der Waals surface area (Å²) in [6.07, 6.45) is 0.333. The van der Waals surface area contributed by atoms with Crippen molar-refractivity contribution in [2.24, 2.45) is 11.7 Å². The van der Waals surface area contributed by atoms with Crippen molar-refractivity contribution >= 4 is 5.97 Å². The minimum atomic E-state index is -0.981. The molecular formula is C13H19NO3. The molecule has 0 aliphatic heterocycles. The van der Waals surface area contributed by atoms with Crippen molar-refractivity contribution in [1.82, 2.24) is 0 Å². The molecule has 0 aliphatic carbocycles. The lowest BCUT2D eigenvalue weighted by atomic mass is 10.1. The Balaban J connectivity index is 2.53. The van der Waals surface area contributed by atoms with Crippen LogP contribution in [0, 0.1) is 5.92 Å². The molecule has 1 rings (SSSR count). The van der Waals surface area contributed by atoms with Gasteiger partial charge in [0.2, 0.25) is 0 Å². The third-order valence-electron chi connectivity index (χ3n) is 2.28. The monoisotopic (exact) mass is 237 g/mol. The van der Waals surface area contributed by atoms with E-state index in [-0.39, 0.29) is 0 Å². The normalized spacial score (nSPS) is 12.5. The molecule has 17 heavy (non-hydrogen) atoms. The number of hydrogen-bond acceptors (Lipinski definition) is 3. The average molecular weight is 237 g/mol. The Hall–Kier alpha value is -1.55. The van der Waals surface area contributed by atoms with Gasteiger partial charge in [-0.3, -0.25) is 4.79 Å². The first-order chi connectivity index (χ1) is 7.99. The van der Waals surface area contributed by atoms with E-state index in [2.05, 4.69) is 13.8 Å². The Morgan fingerprint density at radius 2 is 1.94 bits per heavy atom. The van der Waals surface area contributed by atoms with Gasteiger partial charge in [0.15, 0.2) is 0 Å². The Kier molecular flexibility index (Phi) is 4.97. The smallest absolute Gasteiger partial charge is 0.320 e. The highest BCUT2D eigenvalue weighted by Crippen LogP contribution is 2.14. The van der Waals surface area contributed by atoms with E-state index in [1.54, 1.807) is 0 Å². The fourth-order valence-electron chi connectivity index (χ4n) is 1.33. The van der Waals surface area contributed by atoms with Gasteiger partial charge in [0, 0.05) is 0 Å². The highest BCUT2D eigenvalue weighted by molar-refractivity contribution is 5.73. The zero-order chi connectivity index (χ0) is 12.8. The maximum atomic E-state index is 10.6. The van der Waals surface area contributed by atoms with E-state index in [1.165, 1.54) is 0 Å². The Labute approximate surface area is 101 Å². The molecule has 3 N–H and O–H groups in total. The quantitative estimate of drug-likeness (QED) is 0.789. The number of benzene rings is 1. The van der Waals surface area contributed by atoms with E-state index < -0.39 is 12.0 Å². The van der Waals surface area contributed by atoms with Crippen molar-refractivity contribution < 1.29 is 14.6 Å². The van der Waals surface area contributed by atoms with Gasteiger partial charge in [0.1, 0.15) is 11.8 Å². The van der Waals surface area contributed by atoms with Gasteiger partial charge in [-0.05, 0) is 30.0 Å². The number of carboxylic acids is 1. The Bertz CT molecular complexity index is 359. The predicted molar refractivity (Wildman–Crippen MR) is 66.1 cm³/mol. The van der Waals surface area contributed by atoms with E-state index in [4.69, 9.17) is 15.6 Å². The molecule has 0 radical (unpaired) electrons. The van der Waals surface area contributed by atoms with Crippen molar-refractivity contribution in [3.63, 3.8) is 0 Å². The van der Waals surface area contributed by atoms with Crippen LogP contribution in [0.15, 0.2) is 24.3 Å². The zero-order valence-corrected chi connectivity index (χ0v) is 10.2. The lowest BCUT2D eigenvalue weighted by Crippen LogP contribution is -2.32. The highest BCUT2D eigenvalue weighted by atomic mass is 16.5. The molecule has 0 heterocycles. The molecule has 4 heteroatoms. The van der Waals surface area contributed by atoms with Crippen LogP contribution >= 0.6 is 0 Å². The van der Waals surface area contributed by atoms with E-state index in [0.717, 1.165) is 11.3 Å². The average Bonchev–Trinajstić information content (AvgIpc) is 2.28. The van der Waals surface area contributed by atoms with Gasteiger partial charge in [0.25, 0.3) is 0 Å². The van der Waals surface area contributed by atoms with Crippen molar-refractivity contribution in [3.05, 3.63) is 29.8 Å². The number of carbonyl (C=O) groups is 1. The maximum Gasteiger partial charge on any atom is 0.320 e. The topological polar surface area (TPSA) is 72.5 Å². The molecule has 0 aliphatic rings. The number of carboxylic acid groups (broad SMARTS) is 1. The highest BCUT2D eigenvalue weighted by Gasteiger charge is 2.11. The van der Waals surface area contributed by atoms with Gasteiger partial charge in [-0.2, -0.15) is 0 Å². The van der Waals surface area contributed by atoms with Crippen LogP contribution in [0.25, 0.3) is 0 Å². The van der Waals surface area contributed by atoms with Gasteiger partial charge >= 0.3 is 5.97 Å². The van der Waals surface area contributed by atoms with Crippen LogP contribution in [0.3, 0.4) is 0 Å². The molecule has 0 saturated carbocycles. The minimum absolute atomic E-state index is 0.333. The largest absolute Gasteiger partial charge is 0.493 e. The summed E-state index contributed by atoms with van der Waals surface area (Å²) in [5.41, 5.74) is 6.35. The van der Waals surface area contributed by atoms with Gasteiger partial charge in [-0.1, -0.05) is 26.0 Å². The van der Waals surface area contributed by atoms with E-state index in [1.807, 2.05) is 24.3 Å². The van der Waals surface area contributed by atoms with Crippen LogP contribution < -0.4 is 10.5 Å². The zero-order valence-electron chi connectivity index (χ0n) is 10.2. The maximum absolute atomic E-state index is 10.6. The summed E-state index contributed by atoms with van der Waals surface area (Å²) in [6, 6.07) is 6.52. The molecule has 0 unspecified atom stereocenters. The Morgan fingerprint density at radius 3 is 2.41 bits per heavy atom. The van der Waals surface area contributed by atoms with Crippen LogP contribution in [-0.2, 0) is 11.2 Å². The predicted octanol–water partition coefficient (Wildman–Crippen LogP) is 1.68. The fourth-order valence-corrected chi connectivity index (χ4v) is 1.33. The third-order valence-corrected chi connectivity index (χ3v) is 2.28. The van der Waals surface area contributed by atoms with Crippen molar-refractivity contribution in [1.29, 1.82) is 0 Å². The second-order valence-electron chi connectivity index (χ2n) is 4.50. The molecular weight excluding hydrogens is 218 g/mol. The molecule has 0 fully saturated rings. The lowest BCUT2D eigenvalue weighted by Gasteiger charge is -2.10. The van der Waals surface area contributed by atoms with Crippen LogP contribution in [-0.4, -0.2) is 23.7 Å². The van der Waals surface area contributed by atoms with Gasteiger partial charge in [-0.15, -0.1) is 0 Å². The molecule has 0 spiro atoms. The third kappa shape index (κ3) is 4.87. The molecule has 0 bridgehead atoms. The van der Waals surface area contributed by atoms with Gasteiger partial charge < -0.3 is 15.6 Å².